The summed E-state index contributed by atoms with van der Waals surface area (Å²) in [5.74, 6) is -0.863. The summed E-state index contributed by atoms with van der Waals surface area (Å²) >= 11 is 0. The van der Waals surface area contributed by atoms with Crippen molar-refractivity contribution < 1.29 is 28.6 Å². The summed E-state index contributed by atoms with van der Waals surface area (Å²) in [5, 5.41) is 0. The highest BCUT2D eigenvalue weighted by molar-refractivity contribution is 5.71. The molecule has 0 N–H and O–H groups in total. The van der Waals surface area contributed by atoms with Gasteiger partial charge in [-0.25, -0.2) is 0 Å². The first-order chi connectivity index (χ1) is 33.0. The van der Waals surface area contributed by atoms with Gasteiger partial charge in [-0.05, 0) is 70.6 Å². The van der Waals surface area contributed by atoms with E-state index in [2.05, 4.69) is 45.1 Å². The van der Waals surface area contributed by atoms with Crippen molar-refractivity contribution in [2.45, 2.75) is 335 Å². The Bertz CT molecular complexity index is 1080. The van der Waals surface area contributed by atoms with Crippen molar-refractivity contribution in [2.24, 2.45) is 0 Å². The molecule has 0 aromatic carbocycles. The predicted molar refractivity (Wildman–Crippen MR) is 289 cm³/mol. The molecule has 6 heteroatoms. The van der Waals surface area contributed by atoms with Crippen LogP contribution in [-0.4, -0.2) is 37.2 Å². The maximum absolute atomic E-state index is 12.8. The van der Waals surface area contributed by atoms with Gasteiger partial charge >= 0.3 is 17.9 Å². The van der Waals surface area contributed by atoms with E-state index in [1.54, 1.807) is 0 Å². The van der Waals surface area contributed by atoms with Gasteiger partial charge in [-0.3, -0.25) is 14.4 Å². The molecule has 0 spiro atoms. The lowest BCUT2D eigenvalue weighted by atomic mass is 10.0. The molecule has 0 heterocycles. The van der Waals surface area contributed by atoms with Gasteiger partial charge in [0.25, 0.3) is 0 Å². The van der Waals surface area contributed by atoms with Crippen molar-refractivity contribution in [1.29, 1.82) is 0 Å². The summed E-state index contributed by atoms with van der Waals surface area (Å²) in [6.07, 6.45) is 66.2. The topological polar surface area (TPSA) is 78.9 Å². The van der Waals surface area contributed by atoms with Crippen LogP contribution in [0.2, 0.25) is 0 Å². The monoisotopic (exact) mass is 943 g/mol. The molecule has 394 valence electrons. The van der Waals surface area contributed by atoms with Crippen LogP contribution in [0.15, 0.2) is 24.3 Å². The number of unbranched alkanes of at least 4 members (excludes halogenated alkanes) is 40. The molecule has 6 nitrogen and oxygen atoms in total. The van der Waals surface area contributed by atoms with Crippen LogP contribution in [0.3, 0.4) is 0 Å². The number of hydrogen-bond acceptors (Lipinski definition) is 6. The second-order valence-electron chi connectivity index (χ2n) is 20.3. The highest BCUT2D eigenvalue weighted by atomic mass is 16.6. The third-order valence-electron chi connectivity index (χ3n) is 13.4. The van der Waals surface area contributed by atoms with Crippen LogP contribution in [-0.2, 0) is 28.6 Å². The maximum Gasteiger partial charge on any atom is 0.306 e. The third-order valence-corrected chi connectivity index (χ3v) is 13.4. The minimum absolute atomic E-state index is 0.0700. The van der Waals surface area contributed by atoms with E-state index in [-0.39, 0.29) is 31.1 Å². The van der Waals surface area contributed by atoms with Gasteiger partial charge < -0.3 is 14.2 Å². The van der Waals surface area contributed by atoms with Crippen LogP contribution in [0.25, 0.3) is 0 Å². The van der Waals surface area contributed by atoms with E-state index in [0.717, 1.165) is 64.2 Å². The molecule has 67 heavy (non-hydrogen) atoms. The SMILES string of the molecule is CCCCC/C=C\CCCCCCCC(=O)OC(COC(=O)CCCCCCCCCCCC)COC(=O)CCCCCCCCCCCCCCCCC/C=C\CCCCCCCCCC. The molecular weight excluding hydrogens is 829 g/mol. The van der Waals surface area contributed by atoms with Crippen molar-refractivity contribution in [3.63, 3.8) is 0 Å². The molecule has 0 radical (unpaired) electrons. The molecule has 0 amide bonds. The molecule has 0 aliphatic heterocycles. The van der Waals surface area contributed by atoms with Crippen molar-refractivity contribution in [3.8, 4) is 0 Å². The lowest BCUT2D eigenvalue weighted by molar-refractivity contribution is -0.167. The number of rotatable bonds is 55. The van der Waals surface area contributed by atoms with Gasteiger partial charge in [0.15, 0.2) is 6.10 Å². The van der Waals surface area contributed by atoms with E-state index >= 15 is 0 Å². The predicted octanol–water partition coefficient (Wildman–Crippen LogP) is 19.9. The first-order valence-electron chi connectivity index (χ1n) is 29.8. The van der Waals surface area contributed by atoms with Crippen molar-refractivity contribution >= 4 is 17.9 Å². The Kier molecular flexibility index (Phi) is 54.7. The second-order valence-corrected chi connectivity index (χ2v) is 20.3. The standard InChI is InChI=1S/C61H114O6/c1-4-7-10-13-16-19-22-24-25-26-27-28-29-30-31-32-33-34-35-36-37-38-40-42-45-48-51-54-60(63)66-57-58(56-65-59(62)53-50-47-44-41-21-18-15-12-9-6-3)67-61(64)55-52-49-46-43-39-23-20-17-14-11-8-5-2/h17,20,26-27,58H,4-16,18-19,21-25,28-57H2,1-3H3/b20-17-,27-26-. The molecule has 1 unspecified atom stereocenters. The quantitative estimate of drug-likeness (QED) is 0.0262. The second kappa shape index (κ2) is 56.5. The summed E-state index contributed by atoms with van der Waals surface area (Å²) in [7, 11) is 0. The minimum atomic E-state index is -0.770. The molecule has 0 saturated carbocycles. The molecule has 0 aromatic rings. The summed E-state index contributed by atoms with van der Waals surface area (Å²) < 4.78 is 16.8. The summed E-state index contributed by atoms with van der Waals surface area (Å²) in [4.78, 5) is 38.0. The van der Waals surface area contributed by atoms with Gasteiger partial charge in [-0.1, -0.05) is 263 Å². The van der Waals surface area contributed by atoms with Crippen LogP contribution in [0.5, 0.6) is 0 Å². The van der Waals surface area contributed by atoms with Crippen molar-refractivity contribution in [3.05, 3.63) is 24.3 Å². The minimum Gasteiger partial charge on any atom is -0.462 e. The Hall–Kier alpha value is -2.11. The summed E-state index contributed by atoms with van der Waals surface area (Å²) in [6, 6.07) is 0. The van der Waals surface area contributed by atoms with Crippen LogP contribution in [0, 0.1) is 0 Å². The van der Waals surface area contributed by atoms with Crippen LogP contribution in [0.1, 0.15) is 329 Å². The van der Waals surface area contributed by atoms with E-state index in [1.807, 2.05) is 0 Å². The van der Waals surface area contributed by atoms with E-state index in [9.17, 15) is 14.4 Å². The average molecular weight is 944 g/mol. The maximum atomic E-state index is 12.8. The van der Waals surface area contributed by atoms with Crippen LogP contribution in [0.4, 0.5) is 0 Å². The molecular formula is C61H114O6. The highest BCUT2D eigenvalue weighted by Crippen LogP contribution is 2.17. The fourth-order valence-corrected chi connectivity index (χ4v) is 8.91. The Labute approximate surface area is 417 Å². The number of hydrogen-bond donors (Lipinski definition) is 0. The van der Waals surface area contributed by atoms with Gasteiger partial charge in [0.2, 0.25) is 0 Å². The Morgan fingerprint density at radius 1 is 0.284 bits per heavy atom. The molecule has 0 saturated heterocycles. The average Bonchev–Trinajstić information content (AvgIpc) is 3.33. The number of ether oxygens (including phenoxy) is 3. The smallest absolute Gasteiger partial charge is 0.306 e. The summed E-state index contributed by atoms with van der Waals surface area (Å²) in [5.41, 5.74) is 0. The largest absolute Gasteiger partial charge is 0.462 e. The highest BCUT2D eigenvalue weighted by Gasteiger charge is 2.19. The van der Waals surface area contributed by atoms with Gasteiger partial charge in [0, 0.05) is 19.3 Å². The van der Waals surface area contributed by atoms with E-state index < -0.39 is 6.10 Å². The van der Waals surface area contributed by atoms with E-state index in [0.29, 0.717) is 19.3 Å². The molecule has 0 fully saturated rings. The lowest BCUT2D eigenvalue weighted by Crippen LogP contribution is -2.30. The number of carbonyl (C=O) groups is 3. The zero-order valence-electron chi connectivity index (χ0n) is 45.2. The first-order valence-corrected chi connectivity index (χ1v) is 29.8. The first kappa shape index (κ1) is 64.9. The number of allylic oxidation sites excluding steroid dienone is 4. The molecule has 0 rings (SSSR count). The zero-order chi connectivity index (χ0) is 48.6. The molecule has 0 aromatic heterocycles. The number of carbonyl (C=O) groups excluding carboxylic acids is 3. The van der Waals surface area contributed by atoms with Crippen molar-refractivity contribution in [1.82, 2.24) is 0 Å². The fourth-order valence-electron chi connectivity index (χ4n) is 8.91. The van der Waals surface area contributed by atoms with Crippen LogP contribution < -0.4 is 0 Å². The van der Waals surface area contributed by atoms with E-state index in [1.165, 1.54) is 225 Å². The van der Waals surface area contributed by atoms with Gasteiger partial charge in [0.05, 0.1) is 0 Å². The fraction of sp³-hybridized carbons (Fsp3) is 0.885. The van der Waals surface area contributed by atoms with Gasteiger partial charge in [0.1, 0.15) is 13.2 Å². The third kappa shape index (κ3) is 54.7. The molecule has 0 aliphatic rings. The Morgan fingerprint density at radius 2 is 0.493 bits per heavy atom. The molecule has 0 aliphatic carbocycles. The normalized spacial score (nSPS) is 12.1. The Balaban J connectivity index is 4.09. The molecule has 1 atom stereocenters. The summed E-state index contributed by atoms with van der Waals surface area (Å²) in [6.45, 7) is 6.64. The molecule has 0 bridgehead atoms. The zero-order valence-corrected chi connectivity index (χ0v) is 45.2. The van der Waals surface area contributed by atoms with Crippen LogP contribution >= 0.6 is 0 Å². The van der Waals surface area contributed by atoms with Crippen molar-refractivity contribution in [2.75, 3.05) is 13.2 Å². The Morgan fingerprint density at radius 3 is 0.776 bits per heavy atom. The van der Waals surface area contributed by atoms with E-state index in [4.69, 9.17) is 14.2 Å². The number of esters is 3. The van der Waals surface area contributed by atoms with Gasteiger partial charge in [-0.2, -0.15) is 0 Å². The van der Waals surface area contributed by atoms with Gasteiger partial charge in [-0.15, -0.1) is 0 Å². The lowest BCUT2D eigenvalue weighted by Gasteiger charge is -2.18.